The molecule has 1 aromatic heterocycles. The maximum absolute atomic E-state index is 6.00. The van der Waals surface area contributed by atoms with Crippen LogP contribution in [-0.2, 0) is 11.3 Å². The van der Waals surface area contributed by atoms with Gasteiger partial charge in [-0.3, -0.25) is 0 Å². The van der Waals surface area contributed by atoms with Gasteiger partial charge >= 0.3 is 0 Å². The monoisotopic (exact) mass is 435 g/mol. The Hall–Kier alpha value is -1.43. The number of fused-ring (bicyclic) bond motifs is 1. The number of ether oxygens (including phenoxy) is 1. The van der Waals surface area contributed by atoms with Gasteiger partial charge in [-0.15, -0.1) is 0 Å². The van der Waals surface area contributed by atoms with Crippen molar-refractivity contribution in [1.82, 2.24) is 0 Å². The molecule has 0 unspecified atom stereocenters. The highest BCUT2D eigenvalue weighted by Crippen LogP contribution is 2.21. The summed E-state index contributed by atoms with van der Waals surface area (Å²) < 4.78 is 13.6. The molecular weight excluding hydrogens is 422 g/mol. The molecule has 0 atom stereocenters. The lowest BCUT2D eigenvalue weighted by atomic mass is 10.2. The molecule has 0 aliphatic carbocycles. The van der Waals surface area contributed by atoms with Crippen molar-refractivity contribution in [3.8, 4) is 0 Å². The Balaban J connectivity index is 2.15. The molecule has 0 fully saturated rings. The van der Waals surface area contributed by atoms with Gasteiger partial charge in [0.25, 0.3) is 0 Å². The van der Waals surface area contributed by atoms with Gasteiger partial charge in [0.1, 0.15) is 5.58 Å². The average molecular weight is 437 g/mol. The van der Waals surface area contributed by atoms with Crippen molar-refractivity contribution in [3.05, 3.63) is 68.6 Å². The Labute approximate surface area is 151 Å². The highest BCUT2D eigenvalue weighted by atomic mass is 79.9. The number of hydrogen-bond acceptors (Lipinski definition) is 3. The first kappa shape index (κ1) is 16.4. The molecule has 23 heavy (non-hydrogen) atoms. The van der Waals surface area contributed by atoms with E-state index in [0.717, 1.165) is 31.2 Å². The van der Waals surface area contributed by atoms with Gasteiger partial charge in [-0.05, 0) is 55.5 Å². The van der Waals surface area contributed by atoms with Crippen LogP contribution in [0.2, 0.25) is 0 Å². The van der Waals surface area contributed by atoms with Crippen molar-refractivity contribution >= 4 is 48.5 Å². The Bertz CT molecular complexity index is 886. The van der Waals surface area contributed by atoms with Crippen LogP contribution in [0.15, 0.2) is 66.9 Å². The zero-order valence-corrected chi connectivity index (χ0v) is 15.7. The lowest BCUT2D eigenvalue weighted by molar-refractivity contribution is 0.131. The van der Waals surface area contributed by atoms with Crippen LogP contribution in [0.25, 0.3) is 11.0 Å². The number of benzene rings is 2. The maximum atomic E-state index is 6.00. The molecule has 1 heterocycles. The SMILES string of the molecule is CCOCc1cc2cc(Br)ccc2oc1=Nc1ccc(Br)cc1. The first-order chi connectivity index (χ1) is 11.2. The summed E-state index contributed by atoms with van der Waals surface area (Å²) in [5, 5.41) is 1.02. The van der Waals surface area contributed by atoms with E-state index in [4.69, 9.17) is 9.15 Å². The van der Waals surface area contributed by atoms with Crippen LogP contribution in [0.5, 0.6) is 0 Å². The molecule has 3 rings (SSSR count). The fraction of sp³-hybridized carbons (Fsp3) is 0.167. The van der Waals surface area contributed by atoms with Gasteiger partial charge in [-0.2, -0.15) is 0 Å². The summed E-state index contributed by atoms with van der Waals surface area (Å²) in [4.78, 5) is 4.63. The van der Waals surface area contributed by atoms with Crippen LogP contribution >= 0.6 is 31.9 Å². The minimum atomic E-state index is 0.470. The second kappa shape index (κ2) is 7.43. The third kappa shape index (κ3) is 4.10. The van der Waals surface area contributed by atoms with Crippen LogP contribution < -0.4 is 5.55 Å². The molecule has 0 aliphatic heterocycles. The zero-order valence-electron chi connectivity index (χ0n) is 12.6. The van der Waals surface area contributed by atoms with E-state index in [1.165, 1.54) is 0 Å². The molecule has 0 N–H and O–H groups in total. The van der Waals surface area contributed by atoms with Gasteiger partial charge < -0.3 is 9.15 Å². The fourth-order valence-electron chi connectivity index (χ4n) is 2.19. The zero-order chi connectivity index (χ0) is 16.2. The third-order valence-electron chi connectivity index (χ3n) is 3.30. The van der Waals surface area contributed by atoms with Gasteiger partial charge in [0.05, 0.1) is 12.3 Å². The molecule has 0 radical (unpaired) electrons. The summed E-state index contributed by atoms with van der Waals surface area (Å²) in [6, 6.07) is 15.8. The molecule has 0 spiro atoms. The van der Waals surface area contributed by atoms with E-state index < -0.39 is 0 Å². The molecular formula is C18H15Br2NO2. The molecule has 3 aromatic rings. The Morgan fingerprint density at radius 3 is 2.48 bits per heavy atom. The summed E-state index contributed by atoms with van der Waals surface area (Å²) in [5.41, 5.74) is 3.14. The van der Waals surface area contributed by atoms with E-state index in [-0.39, 0.29) is 0 Å². The summed E-state index contributed by atoms with van der Waals surface area (Å²) in [6.07, 6.45) is 0. The standard InChI is InChI=1S/C18H15Br2NO2/c1-2-22-11-13-9-12-10-15(20)5-8-17(12)23-18(13)21-16-6-3-14(19)4-7-16/h3-10H,2,11H2,1H3. The lowest BCUT2D eigenvalue weighted by Gasteiger charge is -2.05. The third-order valence-corrected chi connectivity index (χ3v) is 4.32. The van der Waals surface area contributed by atoms with E-state index in [2.05, 4.69) is 42.9 Å². The largest absolute Gasteiger partial charge is 0.438 e. The van der Waals surface area contributed by atoms with Gasteiger partial charge in [0.2, 0.25) is 5.55 Å². The van der Waals surface area contributed by atoms with Gasteiger partial charge in [-0.25, -0.2) is 4.99 Å². The van der Waals surface area contributed by atoms with Gasteiger partial charge in [0, 0.05) is 26.5 Å². The van der Waals surface area contributed by atoms with Crippen LogP contribution in [-0.4, -0.2) is 6.61 Å². The molecule has 0 aliphatic rings. The van der Waals surface area contributed by atoms with Gasteiger partial charge in [-0.1, -0.05) is 31.9 Å². The van der Waals surface area contributed by atoms with E-state index >= 15 is 0 Å². The molecule has 3 nitrogen and oxygen atoms in total. The number of hydrogen-bond donors (Lipinski definition) is 0. The average Bonchev–Trinajstić information content (AvgIpc) is 2.55. The highest BCUT2D eigenvalue weighted by molar-refractivity contribution is 9.10. The smallest absolute Gasteiger partial charge is 0.225 e. The molecule has 118 valence electrons. The topological polar surface area (TPSA) is 34.7 Å². The second-order valence-corrected chi connectivity index (χ2v) is 6.82. The summed E-state index contributed by atoms with van der Waals surface area (Å²) in [5.74, 6) is 0. The van der Waals surface area contributed by atoms with Crippen molar-refractivity contribution in [1.29, 1.82) is 0 Å². The predicted octanol–water partition coefficient (Wildman–Crippen LogP) is 5.73. The first-order valence-corrected chi connectivity index (χ1v) is 8.84. The van der Waals surface area contributed by atoms with Crippen molar-refractivity contribution in [3.63, 3.8) is 0 Å². The number of halogens is 2. The fourth-order valence-corrected chi connectivity index (χ4v) is 2.83. The maximum Gasteiger partial charge on any atom is 0.225 e. The quantitative estimate of drug-likeness (QED) is 0.523. The van der Waals surface area contributed by atoms with E-state index in [1.807, 2.05) is 49.4 Å². The Morgan fingerprint density at radius 1 is 1.00 bits per heavy atom. The summed E-state index contributed by atoms with van der Waals surface area (Å²) >= 11 is 6.92. The van der Waals surface area contributed by atoms with Crippen LogP contribution in [0, 0.1) is 0 Å². The van der Waals surface area contributed by atoms with Gasteiger partial charge in [0.15, 0.2) is 0 Å². The summed E-state index contributed by atoms with van der Waals surface area (Å²) in [6.45, 7) is 3.09. The molecule has 0 amide bonds. The van der Waals surface area contributed by atoms with Crippen LogP contribution in [0.4, 0.5) is 5.69 Å². The Morgan fingerprint density at radius 2 is 1.74 bits per heavy atom. The first-order valence-electron chi connectivity index (χ1n) is 7.26. The predicted molar refractivity (Wildman–Crippen MR) is 98.6 cm³/mol. The molecule has 0 saturated carbocycles. The van der Waals surface area contributed by atoms with E-state index in [9.17, 15) is 0 Å². The molecule has 0 saturated heterocycles. The second-order valence-electron chi connectivity index (χ2n) is 4.98. The van der Waals surface area contributed by atoms with Crippen molar-refractivity contribution in [2.24, 2.45) is 4.99 Å². The van der Waals surface area contributed by atoms with Crippen molar-refractivity contribution < 1.29 is 9.15 Å². The van der Waals surface area contributed by atoms with Crippen LogP contribution in [0.3, 0.4) is 0 Å². The summed E-state index contributed by atoms with van der Waals surface area (Å²) in [7, 11) is 0. The minimum Gasteiger partial charge on any atom is -0.438 e. The molecule has 2 aromatic carbocycles. The van der Waals surface area contributed by atoms with Crippen molar-refractivity contribution in [2.45, 2.75) is 13.5 Å². The van der Waals surface area contributed by atoms with Crippen LogP contribution in [0.1, 0.15) is 12.5 Å². The Kier molecular flexibility index (Phi) is 5.30. The highest BCUT2D eigenvalue weighted by Gasteiger charge is 2.05. The van der Waals surface area contributed by atoms with E-state index in [1.54, 1.807) is 0 Å². The number of nitrogens with zero attached hydrogens (tertiary/aromatic N) is 1. The number of rotatable bonds is 4. The molecule has 0 bridgehead atoms. The molecule has 5 heteroatoms. The lowest BCUT2D eigenvalue weighted by Crippen LogP contribution is -2.10. The van der Waals surface area contributed by atoms with E-state index in [0.29, 0.717) is 18.8 Å². The normalized spacial score (nSPS) is 12.0. The van der Waals surface area contributed by atoms with Crippen molar-refractivity contribution in [2.75, 3.05) is 6.61 Å². The minimum absolute atomic E-state index is 0.470.